The van der Waals surface area contributed by atoms with E-state index in [9.17, 15) is 0 Å². The van der Waals surface area contributed by atoms with E-state index in [-0.39, 0.29) is 0 Å². The molecule has 0 spiro atoms. The van der Waals surface area contributed by atoms with Crippen molar-refractivity contribution < 1.29 is 0 Å². The van der Waals surface area contributed by atoms with Gasteiger partial charge in [0, 0.05) is 17.1 Å². The minimum atomic E-state index is 0.406. The lowest BCUT2D eigenvalue weighted by Crippen LogP contribution is -1.97. The maximum Gasteiger partial charge on any atom is 0.235 e. The van der Waals surface area contributed by atoms with Crippen LogP contribution in [0.4, 0.5) is 0 Å². The third-order valence-electron chi connectivity index (χ3n) is 2.29. The number of hydrogen-bond acceptors (Lipinski definition) is 5. The molecule has 0 aliphatic heterocycles. The summed E-state index contributed by atoms with van der Waals surface area (Å²) in [6, 6.07) is 7.44. The summed E-state index contributed by atoms with van der Waals surface area (Å²) in [4.78, 5) is 0.737. The molecule has 3 rings (SSSR count). The van der Waals surface area contributed by atoms with Crippen molar-refractivity contribution in [2.45, 2.75) is 6.54 Å². The topological polar surface area (TPSA) is 69.1 Å². The van der Waals surface area contributed by atoms with E-state index in [1.165, 1.54) is 11.3 Å². The van der Waals surface area contributed by atoms with E-state index in [1.54, 1.807) is 4.52 Å². The molecule has 0 radical (unpaired) electrons. The van der Waals surface area contributed by atoms with Crippen molar-refractivity contribution in [2.24, 2.45) is 5.73 Å². The van der Waals surface area contributed by atoms with Gasteiger partial charge in [-0.05, 0) is 12.1 Å². The first-order valence-electron chi connectivity index (χ1n) is 4.95. The van der Waals surface area contributed by atoms with Gasteiger partial charge in [-0.1, -0.05) is 35.1 Å². The molecule has 2 aromatic heterocycles. The van der Waals surface area contributed by atoms with Crippen LogP contribution in [0.3, 0.4) is 0 Å². The Balaban J connectivity index is 2.19. The average molecular weight is 266 g/mol. The summed E-state index contributed by atoms with van der Waals surface area (Å²) in [5, 5.41) is 14.0. The van der Waals surface area contributed by atoms with Gasteiger partial charge >= 0.3 is 0 Å². The normalized spacial score (nSPS) is 11.2. The molecule has 2 heterocycles. The number of rotatable bonds is 2. The number of benzene rings is 1. The van der Waals surface area contributed by atoms with Crippen LogP contribution >= 0.6 is 22.9 Å². The van der Waals surface area contributed by atoms with Gasteiger partial charge in [0.15, 0.2) is 5.82 Å². The van der Waals surface area contributed by atoms with E-state index in [0.717, 1.165) is 15.5 Å². The highest BCUT2D eigenvalue weighted by molar-refractivity contribution is 7.16. The lowest BCUT2D eigenvalue weighted by molar-refractivity contribution is 0.894. The molecule has 5 nitrogen and oxygen atoms in total. The van der Waals surface area contributed by atoms with Crippen molar-refractivity contribution in [3.63, 3.8) is 0 Å². The highest BCUT2D eigenvalue weighted by Crippen LogP contribution is 2.23. The number of hydrogen-bond donors (Lipinski definition) is 1. The summed E-state index contributed by atoms with van der Waals surface area (Å²) in [6.07, 6.45) is 0. The fourth-order valence-corrected chi connectivity index (χ4v) is 2.45. The fraction of sp³-hybridized carbons (Fsp3) is 0.100. The first kappa shape index (κ1) is 10.6. The van der Waals surface area contributed by atoms with Gasteiger partial charge in [0.1, 0.15) is 5.01 Å². The Morgan fingerprint density at radius 1 is 1.35 bits per heavy atom. The predicted molar refractivity (Wildman–Crippen MR) is 67.0 cm³/mol. The van der Waals surface area contributed by atoms with Gasteiger partial charge in [0.05, 0.1) is 0 Å². The van der Waals surface area contributed by atoms with E-state index in [2.05, 4.69) is 15.3 Å². The maximum absolute atomic E-state index is 5.95. The van der Waals surface area contributed by atoms with Crippen molar-refractivity contribution >= 4 is 27.9 Å². The van der Waals surface area contributed by atoms with Gasteiger partial charge in [-0.15, -0.1) is 10.2 Å². The smallest absolute Gasteiger partial charge is 0.235 e. The predicted octanol–water partition coefficient (Wildman–Crippen LogP) is 1.96. The molecule has 86 valence electrons. The second-order valence-electron chi connectivity index (χ2n) is 3.43. The molecule has 0 saturated carbocycles. The van der Waals surface area contributed by atoms with Crippen LogP contribution in [0, 0.1) is 0 Å². The van der Waals surface area contributed by atoms with E-state index in [4.69, 9.17) is 17.3 Å². The molecule has 0 aliphatic rings. The third-order valence-corrected chi connectivity index (χ3v) is 3.45. The molecule has 0 unspecified atom stereocenters. The lowest BCUT2D eigenvalue weighted by Gasteiger charge is -1.97. The van der Waals surface area contributed by atoms with Gasteiger partial charge in [-0.2, -0.15) is 9.61 Å². The SMILES string of the molecule is NCc1nn2c(-c3cccc(Cl)c3)nnc2s1. The third kappa shape index (κ3) is 1.80. The molecule has 0 saturated heterocycles. The van der Waals surface area contributed by atoms with Crippen LogP contribution in [0.25, 0.3) is 16.3 Å². The molecule has 17 heavy (non-hydrogen) atoms. The number of halogens is 1. The highest BCUT2D eigenvalue weighted by atomic mass is 35.5. The Morgan fingerprint density at radius 3 is 3.00 bits per heavy atom. The van der Waals surface area contributed by atoms with Gasteiger partial charge < -0.3 is 5.73 Å². The monoisotopic (exact) mass is 265 g/mol. The van der Waals surface area contributed by atoms with Crippen molar-refractivity contribution in [1.82, 2.24) is 19.8 Å². The molecule has 3 aromatic rings. The summed E-state index contributed by atoms with van der Waals surface area (Å²) in [6.45, 7) is 0.406. The van der Waals surface area contributed by atoms with E-state index >= 15 is 0 Å². The van der Waals surface area contributed by atoms with Crippen LogP contribution in [-0.2, 0) is 6.54 Å². The Kier molecular flexibility index (Phi) is 2.54. The molecular formula is C10H8ClN5S. The van der Waals surface area contributed by atoms with Crippen molar-refractivity contribution in [3.05, 3.63) is 34.3 Å². The van der Waals surface area contributed by atoms with E-state index in [1.807, 2.05) is 24.3 Å². The summed E-state index contributed by atoms with van der Waals surface area (Å²) in [5.41, 5.74) is 6.44. The van der Waals surface area contributed by atoms with Crippen molar-refractivity contribution in [2.75, 3.05) is 0 Å². The molecule has 0 aliphatic carbocycles. The van der Waals surface area contributed by atoms with Crippen LogP contribution in [0.1, 0.15) is 5.01 Å². The quantitative estimate of drug-likeness (QED) is 0.769. The molecule has 0 fully saturated rings. The first-order valence-corrected chi connectivity index (χ1v) is 6.14. The summed E-state index contributed by atoms with van der Waals surface area (Å²) >= 11 is 7.39. The van der Waals surface area contributed by atoms with Gasteiger partial charge in [-0.3, -0.25) is 0 Å². The minimum absolute atomic E-state index is 0.406. The summed E-state index contributed by atoms with van der Waals surface area (Å²) in [5.74, 6) is 0.679. The Hall–Kier alpha value is -1.50. The fourth-order valence-electron chi connectivity index (χ4n) is 1.55. The standard InChI is InChI=1S/C10H8ClN5S/c11-7-3-1-2-6(4-7)9-13-14-10-16(9)15-8(5-12)17-10/h1-4H,5,12H2. The highest BCUT2D eigenvalue weighted by Gasteiger charge is 2.12. The van der Waals surface area contributed by atoms with Crippen LogP contribution in [0.2, 0.25) is 5.02 Å². The average Bonchev–Trinajstić information content (AvgIpc) is 2.87. The van der Waals surface area contributed by atoms with E-state index in [0.29, 0.717) is 17.4 Å². The lowest BCUT2D eigenvalue weighted by atomic mass is 10.2. The Bertz CT molecular complexity index is 674. The number of aromatic nitrogens is 4. The second-order valence-corrected chi connectivity index (χ2v) is 4.91. The second kappa shape index (κ2) is 4.06. The summed E-state index contributed by atoms with van der Waals surface area (Å²) in [7, 11) is 0. The van der Waals surface area contributed by atoms with Crippen molar-refractivity contribution in [1.29, 1.82) is 0 Å². The van der Waals surface area contributed by atoms with E-state index < -0.39 is 0 Å². The zero-order valence-electron chi connectivity index (χ0n) is 8.67. The maximum atomic E-state index is 5.95. The Labute approximate surface area is 106 Å². The zero-order chi connectivity index (χ0) is 11.8. The van der Waals surface area contributed by atoms with Crippen LogP contribution in [0.15, 0.2) is 24.3 Å². The minimum Gasteiger partial charge on any atom is -0.324 e. The van der Waals surface area contributed by atoms with Gasteiger partial charge in [-0.25, -0.2) is 0 Å². The van der Waals surface area contributed by atoms with Crippen LogP contribution in [0.5, 0.6) is 0 Å². The summed E-state index contributed by atoms with van der Waals surface area (Å²) < 4.78 is 1.69. The largest absolute Gasteiger partial charge is 0.324 e. The molecule has 1 aromatic carbocycles. The van der Waals surface area contributed by atoms with Gasteiger partial charge in [0.25, 0.3) is 0 Å². The number of nitrogens with two attached hydrogens (primary N) is 1. The van der Waals surface area contributed by atoms with Crippen LogP contribution < -0.4 is 5.73 Å². The molecule has 0 amide bonds. The first-order chi connectivity index (χ1) is 8.28. The van der Waals surface area contributed by atoms with Gasteiger partial charge in [0.2, 0.25) is 4.96 Å². The van der Waals surface area contributed by atoms with Crippen LogP contribution in [-0.4, -0.2) is 19.8 Å². The number of fused-ring (bicyclic) bond motifs is 1. The number of nitrogens with zero attached hydrogens (tertiary/aromatic N) is 4. The molecule has 0 atom stereocenters. The molecule has 7 heteroatoms. The molecule has 0 bridgehead atoms. The Morgan fingerprint density at radius 2 is 2.24 bits per heavy atom. The van der Waals surface area contributed by atoms with Crippen molar-refractivity contribution in [3.8, 4) is 11.4 Å². The molecular weight excluding hydrogens is 258 g/mol. The zero-order valence-corrected chi connectivity index (χ0v) is 10.2. The molecule has 2 N–H and O–H groups in total.